The first-order valence-corrected chi connectivity index (χ1v) is 22.0. The normalized spacial score (nSPS) is 11.5. The number of nitrogens with zero attached hydrogens (tertiary/aromatic N) is 6. The molecule has 0 aliphatic carbocycles. The SMILES string of the molecule is O=S(=O)(O)c1c(C=Cc2ccccc2)cc(Nc2nc(Nc3ccccc3)nc(Nc3ccccc3)n2)c(S(=O)(=O)O)c1Nc1nc(Nc2ccccc2)nc(Nc2ccccc2)n1. The Morgan fingerprint density at radius 2 is 0.688 bits per heavy atom. The Balaban J connectivity index is 1.32. The van der Waals surface area contributed by atoms with Gasteiger partial charge in [-0.25, -0.2) is 0 Å². The Kier molecular flexibility index (Phi) is 12.4. The number of rotatable bonds is 16. The molecule has 0 radical (unpaired) electrons. The fourth-order valence-corrected chi connectivity index (χ4v) is 7.92. The van der Waals surface area contributed by atoms with Crippen molar-refractivity contribution >= 4 is 102 Å². The first-order valence-electron chi connectivity index (χ1n) is 19.2. The van der Waals surface area contributed by atoms with Crippen LogP contribution in [0.2, 0.25) is 0 Å². The number of para-hydroxylation sites is 4. The van der Waals surface area contributed by atoms with E-state index in [1.807, 2.05) is 24.3 Å². The van der Waals surface area contributed by atoms with Crippen LogP contribution >= 0.6 is 0 Å². The maximum absolute atomic E-state index is 13.7. The van der Waals surface area contributed by atoms with Crippen LogP contribution in [0.3, 0.4) is 0 Å². The molecule has 0 amide bonds. The molecule has 0 saturated heterocycles. The minimum absolute atomic E-state index is 0.0229. The van der Waals surface area contributed by atoms with Crippen molar-refractivity contribution in [3.63, 3.8) is 0 Å². The van der Waals surface area contributed by atoms with Gasteiger partial charge < -0.3 is 31.9 Å². The summed E-state index contributed by atoms with van der Waals surface area (Å²) in [5.74, 6) is -0.705. The van der Waals surface area contributed by atoms with Crippen molar-refractivity contribution in [1.82, 2.24) is 29.9 Å². The molecule has 0 aliphatic heterocycles. The number of benzene rings is 6. The highest BCUT2D eigenvalue weighted by atomic mass is 32.2. The van der Waals surface area contributed by atoms with Gasteiger partial charge in [0.25, 0.3) is 20.2 Å². The first kappa shape index (κ1) is 42.4. The second-order valence-electron chi connectivity index (χ2n) is 13.6. The summed E-state index contributed by atoms with van der Waals surface area (Å²) in [6, 6.07) is 45.6. The smallest absolute Gasteiger partial charge is 0.298 e. The number of hydrogen-bond acceptors (Lipinski definition) is 16. The molecule has 0 bridgehead atoms. The van der Waals surface area contributed by atoms with Crippen molar-refractivity contribution in [2.75, 3.05) is 31.9 Å². The lowest BCUT2D eigenvalue weighted by Crippen LogP contribution is -2.16. The fourth-order valence-electron chi connectivity index (χ4n) is 6.22. The number of aromatic nitrogens is 6. The molecular weight excluding hydrogens is 857 g/mol. The van der Waals surface area contributed by atoms with E-state index in [0.29, 0.717) is 28.3 Å². The standard InChI is InChI=1S/C44H36N12O6S2/c57-63(58,59)37-30(27-26-29-16-6-1-7-17-29)28-35(49-43-53-39(45-31-18-8-2-9-19-31)51-40(54-43)46-32-20-10-3-11-21-32)38(64(60,61)62)36(37)50-44-55-41(47-33-22-12-4-13-23-33)52-42(56-44)48-34-24-14-5-15-25-34/h1-28H,(H,57,58,59)(H,60,61,62)(H3,45,46,49,51,53,54)(H3,47,48,50,52,55,56). The molecule has 0 unspecified atom stereocenters. The van der Waals surface area contributed by atoms with Crippen LogP contribution < -0.4 is 31.9 Å². The van der Waals surface area contributed by atoms with Gasteiger partial charge in [0, 0.05) is 22.7 Å². The lowest BCUT2D eigenvalue weighted by atomic mass is 10.1. The molecule has 8 rings (SSSR count). The zero-order valence-corrected chi connectivity index (χ0v) is 34.8. The minimum atomic E-state index is -5.44. The number of hydrogen-bond donors (Lipinski definition) is 8. The van der Waals surface area contributed by atoms with Crippen molar-refractivity contribution in [3.05, 3.63) is 169 Å². The van der Waals surface area contributed by atoms with E-state index in [0.717, 1.165) is 6.07 Å². The fraction of sp³-hybridized carbons (Fsp3) is 0. The van der Waals surface area contributed by atoms with E-state index in [1.165, 1.54) is 6.08 Å². The Hall–Kier alpha value is -8.30. The molecule has 6 aromatic carbocycles. The highest BCUT2D eigenvalue weighted by Gasteiger charge is 2.32. The summed E-state index contributed by atoms with van der Waals surface area (Å²) < 4.78 is 76.4. The van der Waals surface area contributed by atoms with E-state index in [-0.39, 0.29) is 35.3 Å². The molecular formula is C44H36N12O6S2. The predicted molar refractivity (Wildman–Crippen MR) is 247 cm³/mol. The molecule has 0 fully saturated rings. The van der Waals surface area contributed by atoms with Gasteiger partial charge in [-0.2, -0.15) is 46.7 Å². The van der Waals surface area contributed by atoms with Crippen LogP contribution in [0.5, 0.6) is 0 Å². The Labute approximate surface area is 367 Å². The molecule has 0 atom stereocenters. The van der Waals surface area contributed by atoms with Crippen LogP contribution in [0.15, 0.2) is 168 Å². The molecule has 0 aliphatic rings. The molecule has 8 N–H and O–H groups in total. The molecule has 0 spiro atoms. The van der Waals surface area contributed by atoms with Crippen LogP contribution in [0.4, 0.5) is 69.8 Å². The maximum Gasteiger partial charge on any atom is 0.298 e. The number of anilines is 12. The quantitative estimate of drug-likeness (QED) is 0.0332. The lowest BCUT2D eigenvalue weighted by Gasteiger charge is -2.20. The second-order valence-corrected chi connectivity index (χ2v) is 16.3. The van der Waals surface area contributed by atoms with Crippen LogP contribution in [-0.2, 0) is 20.2 Å². The average molecular weight is 893 g/mol. The first-order chi connectivity index (χ1) is 30.9. The monoisotopic (exact) mass is 892 g/mol. The van der Waals surface area contributed by atoms with Crippen LogP contribution in [0, 0.1) is 0 Å². The third-order valence-corrected chi connectivity index (χ3v) is 10.8. The van der Waals surface area contributed by atoms with E-state index in [9.17, 15) is 25.9 Å². The summed E-state index contributed by atoms with van der Waals surface area (Å²) in [5, 5.41) is 17.8. The minimum Gasteiger partial charge on any atom is -0.324 e. The summed E-state index contributed by atoms with van der Waals surface area (Å²) in [5.41, 5.74) is 1.51. The van der Waals surface area contributed by atoms with Gasteiger partial charge in [0.05, 0.1) is 11.4 Å². The van der Waals surface area contributed by atoms with Gasteiger partial charge in [-0.15, -0.1) is 0 Å². The molecule has 8 aromatic rings. The molecule has 0 saturated carbocycles. The predicted octanol–water partition coefficient (Wildman–Crippen LogP) is 9.18. The zero-order chi connectivity index (χ0) is 44.5. The van der Waals surface area contributed by atoms with Crippen LogP contribution in [0.1, 0.15) is 11.1 Å². The Morgan fingerprint density at radius 3 is 1.03 bits per heavy atom. The Bertz CT molecular complexity index is 3040. The van der Waals surface area contributed by atoms with Gasteiger partial charge in [-0.1, -0.05) is 115 Å². The van der Waals surface area contributed by atoms with Crippen molar-refractivity contribution in [2.45, 2.75) is 9.79 Å². The lowest BCUT2D eigenvalue weighted by molar-refractivity contribution is 0.482. The van der Waals surface area contributed by atoms with Gasteiger partial charge in [0.15, 0.2) is 0 Å². The van der Waals surface area contributed by atoms with Crippen molar-refractivity contribution < 1.29 is 25.9 Å². The molecule has 320 valence electrons. The third-order valence-electron chi connectivity index (χ3n) is 8.91. The van der Waals surface area contributed by atoms with E-state index in [4.69, 9.17) is 0 Å². The highest BCUT2D eigenvalue weighted by molar-refractivity contribution is 7.87. The molecule has 18 nitrogen and oxygen atoms in total. The van der Waals surface area contributed by atoms with Crippen molar-refractivity contribution in [3.8, 4) is 0 Å². The van der Waals surface area contributed by atoms with Crippen molar-refractivity contribution in [1.29, 1.82) is 0 Å². The van der Waals surface area contributed by atoms with Gasteiger partial charge in [0.2, 0.25) is 35.7 Å². The van der Waals surface area contributed by atoms with E-state index >= 15 is 0 Å². The summed E-state index contributed by atoms with van der Waals surface area (Å²) in [7, 11) is -10.8. The van der Waals surface area contributed by atoms with E-state index in [2.05, 4.69) is 61.8 Å². The summed E-state index contributed by atoms with van der Waals surface area (Å²) in [6.07, 6.45) is 2.89. The molecule has 2 heterocycles. The molecule has 2 aromatic heterocycles. The van der Waals surface area contributed by atoms with Gasteiger partial charge in [0.1, 0.15) is 9.79 Å². The van der Waals surface area contributed by atoms with E-state index in [1.54, 1.807) is 133 Å². The zero-order valence-electron chi connectivity index (χ0n) is 33.2. The summed E-state index contributed by atoms with van der Waals surface area (Å²) >= 11 is 0. The van der Waals surface area contributed by atoms with Gasteiger partial charge in [-0.3, -0.25) is 9.11 Å². The Morgan fingerprint density at radius 1 is 0.375 bits per heavy atom. The van der Waals surface area contributed by atoms with Gasteiger partial charge >= 0.3 is 0 Å². The summed E-state index contributed by atoms with van der Waals surface area (Å²) in [6.45, 7) is 0. The van der Waals surface area contributed by atoms with Gasteiger partial charge in [-0.05, 0) is 65.7 Å². The van der Waals surface area contributed by atoms with E-state index < -0.39 is 47.4 Å². The third kappa shape index (κ3) is 11.0. The second kappa shape index (κ2) is 18.8. The topological polar surface area (TPSA) is 258 Å². The molecule has 64 heavy (non-hydrogen) atoms. The maximum atomic E-state index is 13.7. The average Bonchev–Trinajstić information content (AvgIpc) is 3.26. The largest absolute Gasteiger partial charge is 0.324 e. The van der Waals surface area contributed by atoms with Crippen molar-refractivity contribution in [2.24, 2.45) is 0 Å². The molecule has 20 heteroatoms. The number of nitrogens with one attached hydrogen (secondary N) is 6. The highest BCUT2D eigenvalue weighted by Crippen LogP contribution is 2.41. The van der Waals surface area contributed by atoms with Crippen LogP contribution in [0.25, 0.3) is 12.2 Å². The summed E-state index contributed by atoms with van der Waals surface area (Å²) in [4.78, 5) is 24.8. The van der Waals surface area contributed by atoms with Crippen LogP contribution in [-0.4, -0.2) is 55.8 Å².